The van der Waals surface area contributed by atoms with E-state index >= 15 is 0 Å². The molecule has 0 aliphatic heterocycles. The van der Waals surface area contributed by atoms with Crippen LogP contribution >= 0.6 is 28.1 Å². The molecule has 1 unspecified atom stereocenters. The highest BCUT2D eigenvalue weighted by atomic mass is 33.2. The van der Waals surface area contributed by atoms with Crippen LogP contribution < -0.4 is 5.30 Å². The zero-order chi connectivity index (χ0) is 16.6. The van der Waals surface area contributed by atoms with E-state index in [1.807, 2.05) is 0 Å². The van der Waals surface area contributed by atoms with E-state index < -0.39 is 4.44 Å². The molecule has 0 saturated heterocycles. The van der Waals surface area contributed by atoms with Gasteiger partial charge in [0.1, 0.15) is 0 Å². The van der Waals surface area contributed by atoms with Gasteiger partial charge in [-0.05, 0) is 27.6 Å². The zero-order valence-corrected chi connectivity index (χ0v) is 16.2. The van der Waals surface area contributed by atoms with Crippen molar-refractivity contribution in [2.75, 3.05) is 0 Å². The van der Waals surface area contributed by atoms with Crippen LogP contribution in [0, 0.1) is 0 Å². The van der Waals surface area contributed by atoms with Crippen molar-refractivity contribution in [2.24, 2.45) is 0 Å². The van der Waals surface area contributed by atoms with Crippen LogP contribution in [0.4, 0.5) is 0 Å². The van der Waals surface area contributed by atoms with Crippen LogP contribution in [0.5, 0.6) is 0 Å². The molecule has 0 fully saturated rings. The van der Waals surface area contributed by atoms with Crippen molar-refractivity contribution in [3.05, 3.63) is 84.9 Å². The molecule has 0 N–H and O–H groups in total. The second kappa shape index (κ2) is 6.57. The molecule has 0 aliphatic carbocycles. The molecular formula is C20H15PS3. The molecule has 0 bridgehead atoms. The average Bonchev–Trinajstić information content (AvgIpc) is 2.61. The number of fused-ring (bicyclic) bond motifs is 2. The summed E-state index contributed by atoms with van der Waals surface area (Å²) in [6.07, 6.45) is 0. The van der Waals surface area contributed by atoms with Gasteiger partial charge in [-0.2, -0.15) is 0 Å². The summed E-state index contributed by atoms with van der Waals surface area (Å²) in [5, 5.41) is 6.09. The van der Waals surface area contributed by atoms with E-state index in [9.17, 15) is 0 Å². The predicted octanol–water partition coefficient (Wildman–Crippen LogP) is 6.65. The Morgan fingerprint density at radius 2 is 1.21 bits per heavy atom. The van der Waals surface area contributed by atoms with Crippen molar-refractivity contribution < 1.29 is 0 Å². The normalized spacial score (nSPS) is 13.9. The Labute approximate surface area is 156 Å². The Morgan fingerprint density at radius 3 is 1.96 bits per heavy atom. The first-order chi connectivity index (χ1) is 11.6. The van der Waals surface area contributed by atoms with Gasteiger partial charge in [0.15, 0.2) is 0 Å². The minimum atomic E-state index is -2.07. The topological polar surface area (TPSA) is 0 Å². The van der Waals surface area contributed by atoms with E-state index in [4.69, 9.17) is 24.1 Å². The van der Waals surface area contributed by atoms with Crippen LogP contribution in [-0.2, 0) is 11.8 Å². The molecule has 4 heteroatoms. The maximum absolute atomic E-state index is 6.02. The second-order valence-electron chi connectivity index (χ2n) is 5.59. The summed E-state index contributed by atoms with van der Waals surface area (Å²) in [5.41, 5.74) is 0. The third-order valence-corrected chi connectivity index (χ3v) is 10.4. The first kappa shape index (κ1) is 16.2. The molecule has 0 aliphatic rings. The Morgan fingerprint density at radius 1 is 0.667 bits per heavy atom. The van der Waals surface area contributed by atoms with E-state index in [0.29, 0.717) is 0 Å². The van der Waals surface area contributed by atoms with Gasteiger partial charge in [-0.15, -0.1) is 12.2 Å². The zero-order valence-electron chi connectivity index (χ0n) is 12.8. The fraction of sp³-hybridized carbons (Fsp3) is 0. The largest absolute Gasteiger partial charge is 0.127 e. The third kappa shape index (κ3) is 3.02. The van der Waals surface area contributed by atoms with E-state index in [1.165, 1.54) is 31.7 Å². The molecule has 4 aromatic carbocycles. The molecule has 0 nitrogen and oxygen atoms in total. The van der Waals surface area contributed by atoms with Gasteiger partial charge >= 0.3 is 0 Å². The Hall–Kier alpha value is -1.25. The molecule has 0 spiro atoms. The molecule has 118 valence electrons. The number of hydrogen-bond donors (Lipinski definition) is 1. The predicted molar refractivity (Wildman–Crippen MR) is 117 cm³/mol. The number of benzene rings is 4. The lowest BCUT2D eigenvalue weighted by molar-refractivity contribution is 1.56. The van der Waals surface area contributed by atoms with Gasteiger partial charge in [0, 0.05) is 10.2 Å². The van der Waals surface area contributed by atoms with E-state index in [0.717, 1.165) is 0 Å². The smallest absolute Gasteiger partial charge is 0.0872 e. The Bertz CT molecular complexity index is 1080. The van der Waals surface area contributed by atoms with Crippen LogP contribution in [0.2, 0.25) is 0 Å². The Kier molecular flexibility index (Phi) is 4.44. The monoisotopic (exact) mass is 382 g/mol. The lowest BCUT2D eigenvalue weighted by Crippen LogP contribution is -2.00. The summed E-state index contributed by atoms with van der Waals surface area (Å²) in [6.45, 7) is 0. The van der Waals surface area contributed by atoms with Crippen molar-refractivity contribution in [3.8, 4) is 0 Å². The molecule has 4 rings (SSSR count). The highest BCUT2D eigenvalue weighted by Crippen LogP contribution is 2.66. The fourth-order valence-electron chi connectivity index (χ4n) is 2.91. The molecule has 0 radical (unpaired) electrons. The van der Waals surface area contributed by atoms with Gasteiger partial charge < -0.3 is 0 Å². The Balaban J connectivity index is 1.84. The summed E-state index contributed by atoms with van der Waals surface area (Å²) in [7, 11) is 0. The van der Waals surface area contributed by atoms with Crippen molar-refractivity contribution in [1.82, 2.24) is 0 Å². The van der Waals surface area contributed by atoms with Crippen molar-refractivity contribution in [1.29, 1.82) is 0 Å². The first-order valence-electron chi connectivity index (χ1n) is 7.64. The maximum Gasteiger partial charge on any atom is 0.0872 e. The van der Waals surface area contributed by atoms with Crippen LogP contribution in [0.3, 0.4) is 0 Å². The highest BCUT2D eigenvalue weighted by Gasteiger charge is 2.20. The summed E-state index contributed by atoms with van der Waals surface area (Å²) >= 11 is 12.7. The number of rotatable bonds is 3. The SMILES string of the molecule is S=P(S)(Sc1cccc2ccccc12)c1cccc2ccccc12. The first-order valence-corrected chi connectivity index (χ1v) is 13.0. The summed E-state index contributed by atoms with van der Waals surface area (Å²) < 4.78 is -2.07. The number of thiol groups is 1. The standard InChI is InChI=1S/C20H15PS3/c22-21(23,19-13-5-9-15-7-1-3-11-17(15)19)24-20-14-6-10-16-8-2-4-12-18(16)20/h1-14H,(H,22,23). The van der Waals surface area contributed by atoms with Gasteiger partial charge in [-0.3, -0.25) is 0 Å². The van der Waals surface area contributed by atoms with Crippen LogP contribution in [0.1, 0.15) is 0 Å². The highest BCUT2D eigenvalue weighted by molar-refractivity contribution is 8.98. The fourth-order valence-corrected chi connectivity index (χ4v) is 9.05. The van der Waals surface area contributed by atoms with E-state index in [2.05, 4.69) is 84.9 Å². The summed E-state index contributed by atoms with van der Waals surface area (Å²) in [4.78, 5) is 1.21. The third-order valence-electron chi connectivity index (χ3n) is 4.04. The minimum Gasteiger partial charge on any atom is -0.127 e. The van der Waals surface area contributed by atoms with Gasteiger partial charge in [-0.1, -0.05) is 102 Å². The average molecular weight is 383 g/mol. The molecule has 0 heterocycles. The van der Waals surface area contributed by atoms with Crippen molar-refractivity contribution in [3.63, 3.8) is 0 Å². The van der Waals surface area contributed by atoms with Crippen LogP contribution in [0.15, 0.2) is 89.8 Å². The molecule has 0 aromatic heterocycles. The number of hydrogen-bond acceptors (Lipinski definition) is 2. The van der Waals surface area contributed by atoms with E-state index in [1.54, 1.807) is 11.4 Å². The molecule has 0 saturated carbocycles. The van der Waals surface area contributed by atoms with Gasteiger partial charge in [0.25, 0.3) is 0 Å². The van der Waals surface area contributed by atoms with Crippen LogP contribution in [0.25, 0.3) is 21.5 Å². The molecule has 1 atom stereocenters. The maximum atomic E-state index is 6.02. The quantitative estimate of drug-likeness (QED) is 0.311. The lowest BCUT2D eigenvalue weighted by atomic mass is 10.1. The van der Waals surface area contributed by atoms with Gasteiger partial charge in [0.05, 0.1) is 4.44 Å². The lowest BCUT2D eigenvalue weighted by Gasteiger charge is -2.19. The second-order valence-corrected chi connectivity index (χ2v) is 15.7. The van der Waals surface area contributed by atoms with Gasteiger partial charge in [-0.25, -0.2) is 0 Å². The summed E-state index contributed by atoms with van der Waals surface area (Å²) in [6, 6.07) is 29.6. The van der Waals surface area contributed by atoms with Crippen LogP contribution in [-0.4, -0.2) is 0 Å². The van der Waals surface area contributed by atoms with E-state index in [-0.39, 0.29) is 0 Å². The van der Waals surface area contributed by atoms with Gasteiger partial charge in [0.2, 0.25) is 0 Å². The molecule has 24 heavy (non-hydrogen) atoms. The van der Waals surface area contributed by atoms with Crippen molar-refractivity contribution in [2.45, 2.75) is 4.90 Å². The minimum absolute atomic E-state index is 1.18. The van der Waals surface area contributed by atoms with Crippen molar-refractivity contribution >= 4 is 66.7 Å². The molecular weight excluding hydrogens is 367 g/mol. The summed E-state index contributed by atoms with van der Waals surface area (Å²) in [5.74, 6) is 0. The molecule has 0 amide bonds. The molecule has 4 aromatic rings.